The number of benzene rings is 1. The Morgan fingerprint density at radius 1 is 1.19 bits per heavy atom. The second kappa shape index (κ2) is 11.0. The van der Waals surface area contributed by atoms with Crippen LogP contribution in [0.2, 0.25) is 0 Å². The lowest BCUT2D eigenvalue weighted by molar-refractivity contribution is -0.160. The van der Waals surface area contributed by atoms with Gasteiger partial charge in [-0.05, 0) is 70.2 Å². The lowest BCUT2D eigenvalue weighted by Gasteiger charge is -2.24. The number of rotatable bonds is 7. The van der Waals surface area contributed by atoms with Crippen LogP contribution in [-0.4, -0.2) is 47.3 Å². The first-order valence-electron chi connectivity index (χ1n) is 12.6. The van der Waals surface area contributed by atoms with E-state index in [9.17, 15) is 18.0 Å². The summed E-state index contributed by atoms with van der Waals surface area (Å²) < 4.78 is 50.0. The Balaban J connectivity index is 1.39. The smallest absolute Gasteiger partial charge is 0.395 e. The molecule has 2 aliphatic rings. The molecule has 0 N–H and O–H groups in total. The summed E-state index contributed by atoms with van der Waals surface area (Å²) in [6.45, 7) is 9.95. The number of hydrogen-bond donors (Lipinski definition) is 0. The number of aryl methyl sites for hydroxylation is 1. The van der Waals surface area contributed by atoms with E-state index in [2.05, 4.69) is 16.0 Å². The van der Waals surface area contributed by atoms with Gasteiger partial charge < -0.3 is 9.47 Å². The van der Waals surface area contributed by atoms with E-state index < -0.39 is 23.7 Å². The highest BCUT2D eigenvalue weighted by Crippen LogP contribution is 2.36. The average molecular weight is 535 g/mol. The van der Waals surface area contributed by atoms with E-state index in [1.54, 1.807) is 44.3 Å². The van der Waals surface area contributed by atoms with Crippen molar-refractivity contribution < 1.29 is 27.4 Å². The number of nitrogens with zero attached hydrogens (tertiary/aromatic N) is 2. The maximum atomic E-state index is 13.0. The summed E-state index contributed by atoms with van der Waals surface area (Å²) in [5.74, 6) is -1.16. The zero-order valence-corrected chi connectivity index (χ0v) is 22.5. The van der Waals surface area contributed by atoms with Crippen LogP contribution >= 0.6 is 11.3 Å². The second-order valence-corrected chi connectivity index (χ2v) is 11.1. The first-order chi connectivity index (χ1) is 17.5. The third-order valence-electron chi connectivity index (χ3n) is 6.74. The van der Waals surface area contributed by atoms with Crippen molar-refractivity contribution >= 4 is 22.9 Å². The normalized spacial score (nSPS) is 18.7. The molecule has 4 rings (SSSR count). The molecule has 1 aromatic carbocycles. The van der Waals surface area contributed by atoms with E-state index in [1.807, 2.05) is 19.1 Å². The van der Waals surface area contributed by atoms with E-state index in [0.717, 1.165) is 53.6 Å². The van der Waals surface area contributed by atoms with Gasteiger partial charge in [-0.15, -0.1) is 11.3 Å². The first kappa shape index (κ1) is 27.4. The van der Waals surface area contributed by atoms with Gasteiger partial charge in [0.2, 0.25) is 0 Å². The molecule has 5 nitrogen and oxygen atoms in total. The van der Waals surface area contributed by atoms with E-state index >= 15 is 0 Å². The Morgan fingerprint density at radius 2 is 1.92 bits per heavy atom. The maximum absolute atomic E-state index is 13.0. The second-order valence-electron chi connectivity index (χ2n) is 9.97. The highest BCUT2D eigenvalue weighted by molar-refractivity contribution is 7.12. The van der Waals surface area contributed by atoms with Crippen LogP contribution in [0.4, 0.5) is 13.2 Å². The first-order valence-corrected chi connectivity index (χ1v) is 13.4. The highest BCUT2D eigenvalue weighted by Gasteiger charge is 2.38. The maximum Gasteiger partial charge on any atom is 0.395 e. The predicted molar refractivity (Wildman–Crippen MR) is 139 cm³/mol. The quantitative estimate of drug-likeness (QED) is 0.391. The van der Waals surface area contributed by atoms with Crippen LogP contribution < -0.4 is 4.74 Å². The lowest BCUT2D eigenvalue weighted by Crippen LogP contribution is -2.39. The summed E-state index contributed by atoms with van der Waals surface area (Å²) in [7, 11) is 0. The van der Waals surface area contributed by atoms with Crippen molar-refractivity contribution in [2.45, 2.75) is 65.3 Å². The van der Waals surface area contributed by atoms with Gasteiger partial charge in [-0.2, -0.15) is 13.2 Å². The monoisotopic (exact) mass is 534 g/mol. The van der Waals surface area contributed by atoms with Gasteiger partial charge >= 0.3 is 12.1 Å². The molecular weight excluding hydrogens is 501 g/mol. The van der Waals surface area contributed by atoms with Crippen LogP contribution in [-0.2, 0) is 28.9 Å². The molecule has 200 valence electrons. The van der Waals surface area contributed by atoms with Crippen LogP contribution in [0.25, 0.3) is 5.57 Å². The van der Waals surface area contributed by atoms with E-state index in [4.69, 9.17) is 9.47 Å². The van der Waals surface area contributed by atoms with Crippen LogP contribution in [0.5, 0.6) is 5.75 Å². The van der Waals surface area contributed by atoms with E-state index in [-0.39, 0.29) is 6.42 Å². The van der Waals surface area contributed by atoms with Crippen LogP contribution in [0.1, 0.15) is 53.9 Å². The van der Waals surface area contributed by atoms with Crippen molar-refractivity contribution in [1.82, 2.24) is 9.88 Å². The van der Waals surface area contributed by atoms with Crippen molar-refractivity contribution in [2.75, 3.05) is 19.7 Å². The van der Waals surface area contributed by atoms with Crippen molar-refractivity contribution in [3.05, 3.63) is 63.1 Å². The van der Waals surface area contributed by atoms with Gasteiger partial charge in [0, 0.05) is 30.1 Å². The number of carbonyl (C=O) groups is 1. The number of thiazole rings is 1. The van der Waals surface area contributed by atoms with Gasteiger partial charge in [0.05, 0.1) is 18.2 Å². The minimum Gasteiger partial charge on any atom is -0.476 e. The fourth-order valence-electron chi connectivity index (χ4n) is 4.53. The zero-order valence-electron chi connectivity index (χ0n) is 21.7. The average Bonchev–Trinajstić information content (AvgIpc) is 3.08. The number of hydrogen-bond acceptors (Lipinski definition) is 6. The topological polar surface area (TPSA) is 51.7 Å². The number of fused-ring (bicyclic) bond motifs is 1. The molecule has 1 aliphatic carbocycles. The zero-order chi connectivity index (χ0) is 26.8. The minimum atomic E-state index is -4.21. The van der Waals surface area contributed by atoms with Crippen LogP contribution in [0.3, 0.4) is 0 Å². The number of alkyl halides is 3. The number of esters is 1. The predicted octanol–water partition coefficient (Wildman–Crippen LogP) is 6.29. The molecule has 0 amide bonds. The molecule has 0 saturated heterocycles. The number of halogens is 3. The summed E-state index contributed by atoms with van der Waals surface area (Å²) in [6, 6.07) is 6.00. The van der Waals surface area contributed by atoms with E-state index in [0.29, 0.717) is 12.4 Å². The molecule has 37 heavy (non-hydrogen) atoms. The van der Waals surface area contributed by atoms with Crippen molar-refractivity contribution in [2.24, 2.45) is 5.92 Å². The summed E-state index contributed by atoms with van der Waals surface area (Å²) in [4.78, 5) is 20.4. The number of allylic oxidation sites excluding steroid dienone is 4. The molecular formula is C28H33F3N2O3S. The van der Waals surface area contributed by atoms with Gasteiger partial charge in [-0.25, -0.2) is 9.78 Å². The SMILES string of the molecule is CCOC(=O)C(C)(C)Oc1ccc2c(c1)CCN(Cc1sc(C3=CCC(C(F)(F)F)C=C3)nc1C)CC2. The van der Waals surface area contributed by atoms with Crippen LogP contribution in [0, 0.1) is 12.8 Å². The Bertz CT molecular complexity index is 1200. The standard InChI is InChI=1S/C28H33F3N2O3S/c1-5-35-26(34)27(3,4)36-23-11-8-19-12-14-33(15-13-21(19)16-23)17-24-18(2)32-25(37-24)20-6-9-22(10-7-20)28(29,30)31/h6-9,11,16,22H,5,10,12-15,17H2,1-4H3. The summed E-state index contributed by atoms with van der Waals surface area (Å²) in [5, 5.41) is 0.772. The Hall–Kier alpha value is -2.65. The van der Waals surface area contributed by atoms with Crippen molar-refractivity contribution in [3.8, 4) is 5.75 Å². The van der Waals surface area contributed by atoms with Crippen molar-refractivity contribution in [1.29, 1.82) is 0 Å². The van der Waals surface area contributed by atoms with Gasteiger partial charge in [0.25, 0.3) is 0 Å². The molecule has 1 aromatic heterocycles. The summed E-state index contributed by atoms with van der Waals surface area (Å²) in [6.07, 6.45) is 1.93. The fraction of sp³-hybridized carbons (Fsp3) is 0.500. The third-order valence-corrected chi connectivity index (χ3v) is 7.93. The molecule has 0 saturated carbocycles. The number of carbonyl (C=O) groups excluding carboxylic acids is 1. The minimum absolute atomic E-state index is 0.0453. The molecule has 0 spiro atoms. The molecule has 0 fully saturated rings. The van der Waals surface area contributed by atoms with Gasteiger partial charge in [0.1, 0.15) is 10.8 Å². The Labute approximate surface area is 220 Å². The Morgan fingerprint density at radius 3 is 2.57 bits per heavy atom. The molecule has 2 aromatic rings. The summed E-state index contributed by atoms with van der Waals surface area (Å²) >= 11 is 1.56. The highest BCUT2D eigenvalue weighted by atomic mass is 32.1. The van der Waals surface area contributed by atoms with Gasteiger partial charge in [-0.1, -0.05) is 24.3 Å². The molecule has 9 heteroatoms. The molecule has 0 radical (unpaired) electrons. The fourth-order valence-corrected chi connectivity index (χ4v) is 5.66. The largest absolute Gasteiger partial charge is 0.476 e. The number of aromatic nitrogens is 1. The van der Waals surface area contributed by atoms with Gasteiger partial charge in [0.15, 0.2) is 5.60 Å². The number of ether oxygens (including phenoxy) is 2. The molecule has 1 unspecified atom stereocenters. The molecule has 1 atom stereocenters. The summed E-state index contributed by atoms with van der Waals surface area (Å²) in [5.41, 5.74) is 3.09. The Kier molecular flexibility index (Phi) is 8.14. The molecule has 1 aliphatic heterocycles. The lowest BCUT2D eigenvalue weighted by atomic mass is 9.96. The molecule has 0 bridgehead atoms. The third kappa shape index (κ3) is 6.62. The van der Waals surface area contributed by atoms with E-state index in [1.165, 1.54) is 17.2 Å². The van der Waals surface area contributed by atoms with Crippen molar-refractivity contribution in [3.63, 3.8) is 0 Å². The van der Waals surface area contributed by atoms with Crippen LogP contribution in [0.15, 0.2) is 36.4 Å². The molecule has 2 heterocycles. The van der Waals surface area contributed by atoms with Gasteiger partial charge in [-0.3, -0.25) is 4.90 Å².